The first-order chi connectivity index (χ1) is 12.2. The number of hydrogen-bond donors (Lipinski definition) is 1. The average Bonchev–Trinajstić information content (AvgIpc) is 3.24. The van der Waals surface area contributed by atoms with Crippen molar-refractivity contribution in [1.82, 2.24) is 24.7 Å². The maximum atomic E-state index is 12.5. The van der Waals surface area contributed by atoms with Crippen molar-refractivity contribution in [2.75, 3.05) is 0 Å². The molecule has 6 heteroatoms. The Morgan fingerprint density at radius 2 is 1.92 bits per heavy atom. The number of nitrogens with one attached hydrogen (secondary N) is 1. The number of amides is 1. The molecule has 0 saturated heterocycles. The van der Waals surface area contributed by atoms with Crippen LogP contribution >= 0.6 is 0 Å². The summed E-state index contributed by atoms with van der Waals surface area (Å²) in [6.45, 7) is 0.415. The molecule has 0 unspecified atom stereocenters. The highest BCUT2D eigenvalue weighted by Crippen LogP contribution is 2.18. The van der Waals surface area contributed by atoms with E-state index in [4.69, 9.17) is 0 Å². The number of hydrogen-bond acceptors (Lipinski definition) is 3. The summed E-state index contributed by atoms with van der Waals surface area (Å²) in [5.41, 5.74) is 4.25. The molecule has 1 aromatic carbocycles. The second-order valence-corrected chi connectivity index (χ2v) is 5.79. The quantitative estimate of drug-likeness (QED) is 0.625. The average molecular weight is 331 g/mol. The van der Waals surface area contributed by atoms with Crippen molar-refractivity contribution in [1.29, 1.82) is 0 Å². The highest BCUT2D eigenvalue weighted by molar-refractivity contribution is 5.93. The smallest absolute Gasteiger partial charge is 0.269 e. The largest absolute Gasteiger partial charge is 0.346 e. The molecule has 0 aliphatic rings. The SMILES string of the molecule is Cn1nc(-c2ccccc2)cc1C(=O)NCc1cnn2ccccc12. The predicted octanol–water partition coefficient (Wildman–Crippen LogP) is 2.66. The summed E-state index contributed by atoms with van der Waals surface area (Å²) >= 11 is 0. The molecule has 0 radical (unpaired) electrons. The number of pyridine rings is 1. The van der Waals surface area contributed by atoms with Crippen molar-refractivity contribution in [3.63, 3.8) is 0 Å². The van der Waals surface area contributed by atoms with Gasteiger partial charge in [-0.05, 0) is 18.2 Å². The number of carbonyl (C=O) groups is 1. The van der Waals surface area contributed by atoms with Crippen LogP contribution in [0.25, 0.3) is 16.8 Å². The first-order valence-corrected chi connectivity index (χ1v) is 8.01. The van der Waals surface area contributed by atoms with Gasteiger partial charge in [0.2, 0.25) is 0 Å². The normalized spacial score (nSPS) is 10.9. The minimum Gasteiger partial charge on any atom is -0.346 e. The van der Waals surface area contributed by atoms with E-state index < -0.39 is 0 Å². The molecule has 25 heavy (non-hydrogen) atoms. The van der Waals surface area contributed by atoms with E-state index >= 15 is 0 Å². The van der Waals surface area contributed by atoms with Crippen LogP contribution in [-0.4, -0.2) is 25.3 Å². The van der Waals surface area contributed by atoms with E-state index in [0.29, 0.717) is 12.2 Å². The van der Waals surface area contributed by atoms with Crippen molar-refractivity contribution < 1.29 is 4.79 Å². The van der Waals surface area contributed by atoms with Crippen LogP contribution in [0.4, 0.5) is 0 Å². The summed E-state index contributed by atoms with van der Waals surface area (Å²) in [4.78, 5) is 12.5. The lowest BCUT2D eigenvalue weighted by atomic mass is 10.1. The van der Waals surface area contributed by atoms with Gasteiger partial charge in [-0.15, -0.1) is 0 Å². The second kappa shape index (κ2) is 6.24. The third-order valence-corrected chi connectivity index (χ3v) is 4.13. The molecule has 0 atom stereocenters. The Bertz CT molecular complexity index is 1030. The minimum absolute atomic E-state index is 0.160. The molecule has 0 spiro atoms. The van der Waals surface area contributed by atoms with Gasteiger partial charge in [-0.3, -0.25) is 9.48 Å². The molecule has 4 rings (SSSR count). The number of nitrogens with zero attached hydrogens (tertiary/aromatic N) is 4. The molecule has 124 valence electrons. The lowest BCUT2D eigenvalue weighted by Crippen LogP contribution is -2.25. The van der Waals surface area contributed by atoms with E-state index in [1.165, 1.54) is 0 Å². The predicted molar refractivity (Wildman–Crippen MR) is 95.0 cm³/mol. The first-order valence-electron chi connectivity index (χ1n) is 8.01. The number of aromatic nitrogens is 4. The van der Waals surface area contributed by atoms with E-state index in [1.807, 2.05) is 54.7 Å². The van der Waals surface area contributed by atoms with Crippen LogP contribution in [0.1, 0.15) is 16.1 Å². The van der Waals surface area contributed by atoms with Gasteiger partial charge in [0.25, 0.3) is 5.91 Å². The Morgan fingerprint density at radius 3 is 2.76 bits per heavy atom. The minimum atomic E-state index is -0.160. The van der Waals surface area contributed by atoms with E-state index in [1.54, 1.807) is 28.5 Å². The standard InChI is InChI=1S/C19H17N5O/c1-23-18(11-16(22-23)14-7-3-2-4-8-14)19(25)20-12-15-13-21-24-10-6-5-9-17(15)24/h2-11,13H,12H2,1H3,(H,20,25). The third-order valence-electron chi connectivity index (χ3n) is 4.13. The molecular weight excluding hydrogens is 314 g/mol. The molecule has 0 aliphatic carbocycles. The molecule has 1 amide bonds. The number of carbonyl (C=O) groups excluding carboxylic acids is 1. The molecule has 6 nitrogen and oxygen atoms in total. The van der Waals surface area contributed by atoms with Gasteiger partial charge in [-0.25, -0.2) is 4.52 Å². The maximum Gasteiger partial charge on any atom is 0.269 e. The number of benzene rings is 1. The van der Waals surface area contributed by atoms with E-state index in [0.717, 1.165) is 22.3 Å². The van der Waals surface area contributed by atoms with E-state index in [-0.39, 0.29) is 5.91 Å². The summed E-state index contributed by atoms with van der Waals surface area (Å²) in [5.74, 6) is -0.160. The van der Waals surface area contributed by atoms with E-state index in [2.05, 4.69) is 15.5 Å². The van der Waals surface area contributed by atoms with Crippen LogP contribution in [0.2, 0.25) is 0 Å². The Morgan fingerprint density at radius 1 is 1.12 bits per heavy atom. The van der Waals surface area contributed by atoms with Crippen molar-refractivity contribution in [3.05, 3.63) is 78.2 Å². The van der Waals surface area contributed by atoms with Crippen LogP contribution < -0.4 is 5.32 Å². The molecule has 4 aromatic rings. The summed E-state index contributed by atoms with van der Waals surface area (Å²) < 4.78 is 3.40. The fourth-order valence-corrected chi connectivity index (χ4v) is 2.82. The monoisotopic (exact) mass is 331 g/mol. The summed E-state index contributed by atoms with van der Waals surface area (Å²) in [6, 6.07) is 17.5. The van der Waals surface area contributed by atoms with Crippen LogP contribution in [-0.2, 0) is 13.6 Å². The molecular formula is C19H17N5O. The summed E-state index contributed by atoms with van der Waals surface area (Å²) in [5, 5.41) is 11.7. The van der Waals surface area contributed by atoms with Crippen molar-refractivity contribution in [2.45, 2.75) is 6.54 Å². The molecule has 0 fully saturated rings. The fourth-order valence-electron chi connectivity index (χ4n) is 2.82. The molecule has 0 saturated carbocycles. The van der Waals surface area contributed by atoms with Gasteiger partial charge < -0.3 is 5.32 Å². The fraction of sp³-hybridized carbons (Fsp3) is 0.105. The third kappa shape index (κ3) is 2.89. The summed E-state index contributed by atoms with van der Waals surface area (Å²) in [6.07, 6.45) is 3.65. The zero-order valence-electron chi connectivity index (χ0n) is 13.8. The number of rotatable bonds is 4. The van der Waals surface area contributed by atoms with Gasteiger partial charge in [0.05, 0.1) is 17.4 Å². The Labute approximate surface area is 144 Å². The van der Waals surface area contributed by atoms with Crippen LogP contribution in [0.15, 0.2) is 67.0 Å². The van der Waals surface area contributed by atoms with Gasteiger partial charge in [-0.1, -0.05) is 36.4 Å². The molecule has 0 bridgehead atoms. The lowest BCUT2D eigenvalue weighted by molar-refractivity contribution is 0.0941. The highest BCUT2D eigenvalue weighted by Gasteiger charge is 2.14. The van der Waals surface area contributed by atoms with Gasteiger partial charge in [0.1, 0.15) is 5.69 Å². The highest BCUT2D eigenvalue weighted by atomic mass is 16.2. The van der Waals surface area contributed by atoms with Gasteiger partial charge in [0.15, 0.2) is 0 Å². The Hall–Kier alpha value is -3.41. The van der Waals surface area contributed by atoms with Gasteiger partial charge in [-0.2, -0.15) is 10.2 Å². The lowest BCUT2D eigenvalue weighted by Gasteiger charge is -2.04. The molecule has 3 aromatic heterocycles. The maximum absolute atomic E-state index is 12.5. The van der Waals surface area contributed by atoms with Crippen LogP contribution in [0.3, 0.4) is 0 Å². The first kappa shape index (κ1) is 15.1. The van der Waals surface area contributed by atoms with Gasteiger partial charge in [0, 0.05) is 30.9 Å². The summed E-state index contributed by atoms with van der Waals surface area (Å²) in [7, 11) is 1.77. The topological polar surface area (TPSA) is 64.2 Å². The van der Waals surface area contributed by atoms with Gasteiger partial charge >= 0.3 is 0 Å². The zero-order chi connectivity index (χ0) is 17.2. The molecule has 1 N–H and O–H groups in total. The van der Waals surface area contributed by atoms with Crippen molar-refractivity contribution in [3.8, 4) is 11.3 Å². The van der Waals surface area contributed by atoms with Crippen molar-refractivity contribution >= 4 is 11.4 Å². The van der Waals surface area contributed by atoms with Crippen LogP contribution in [0.5, 0.6) is 0 Å². The molecule has 0 aliphatic heterocycles. The number of aryl methyl sites for hydroxylation is 1. The Kier molecular flexibility index (Phi) is 3.78. The van der Waals surface area contributed by atoms with E-state index in [9.17, 15) is 4.79 Å². The number of fused-ring (bicyclic) bond motifs is 1. The second-order valence-electron chi connectivity index (χ2n) is 5.79. The molecule has 3 heterocycles. The zero-order valence-corrected chi connectivity index (χ0v) is 13.8. The Balaban J connectivity index is 1.53. The van der Waals surface area contributed by atoms with Crippen LogP contribution in [0, 0.1) is 0 Å². The van der Waals surface area contributed by atoms with Crippen molar-refractivity contribution in [2.24, 2.45) is 7.05 Å².